The van der Waals surface area contributed by atoms with Gasteiger partial charge in [0.15, 0.2) is 0 Å². The van der Waals surface area contributed by atoms with Crippen molar-refractivity contribution < 1.29 is 104 Å². The minimum Gasteiger partial charge on any atom is -0.393 e. The molecule has 0 saturated carbocycles. The van der Waals surface area contributed by atoms with Crippen LogP contribution in [0.4, 0.5) is 13.2 Å². The molecule has 3 heterocycles. The maximum absolute atomic E-state index is 12.6. The van der Waals surface area contributed by atoms with Crippen LogP contribution in [-0.4, -0.2) is 97.2 Å². The van der Waals surface area contributed by atoms with E-state index in [0.29, 0.717) is 52.3 Å². The quantitative estimate of drug-likeness (QED) is 0.0741. The molecule has 0 amide bonds. The average Bonchev–Trinajstić information content (AvgIpc) is 3.60. The Hall–Kier alpha value is -5.38. The fourth-order valence-corrected chi connectivity index (χ4v) is 7.57. The van der Waals surface area contributed by atoms with Gasteiger partial charge in [-0.25, -0.2) is 5.26 Å². The standard InChI is InChI=1S/C16H10F3N2.C16H10N3.C15H10ClN2.3C5H12O2.3Ir/c1-10-15(21-14-5-3-2-4-13(14)20-10)11-6-8-12(9-7-11)16(17,18)19;1-11-16(13-8-6-12(10-17)7-9-13)19-15-5-3-2-4-14(15)18-11;1-10-15(11-6-8-12(16)9-7-11)18-14-5-3-2-4-13(14)17-10;3*1-4(6)3-5(2)7;;;/h2-6,8-9H,1H3;2-8H,1H3;2-6,8-9H,1H3;3*4-7H,3H2,1-2H3;;;/q3*-1;;;;;;. The first kappa shape index (κ1) is 74.6. The number of aromatic nitrogens is 6. The molecule has 0 saturated heterocycles. The Kier molecular flexibility index (Phi) is 33.7. The molecule has 0 fully saturated rings. The number of aryl methyl sites for hydroxylation is 3. The number of nitriles is 1. The predicted octanol–water partition coefficient (Wildman–Crippen LogP) is 12.2. The van der Waals surface area contributed by atoms with E-state index in [2.05, 4.69) is 54.2 Å². The van der Waals surface area contributed by atoms with E-state index in [4.69, 9.17) is 47.5 Å². The number of aliphatic hydroxyl groups is 6. The zero-order chi connectivity index (χ0) is 58.4. The zero-order valence-electron chi connectivity index (χ0n) is 46.5. The molecule has 0 aliphatic heterocycles. The van der Waals surface area contributed by atoms with Gasteiger partial charge in [0, 0.05) is 101 Å². The number of hydrogen-bond acceptors (Lipinski definition) is 13. The van der Waals surface area contributed by atoms with Crippen molar-refractivity contribution in [1.82, 2.24) is 29.9 Å². The molecule has 0 spiro atoms. The second kappa shape index (κ2) is 37.0. The number of rotatable bonds is 9. The third-order valence-corrected chi connectivity index (χ3v) is 11.1. The molecule has 6 atom stereocenters. The van der Waals surface area contributed by atoms with Crippen molar-refractivity contribution in [1.29, 1.82) is 5.26 Å². The summed E-state index contributed by atoms with van der Waals surface area (Å²) in [5.41, 5.74) is 11.8. The van der Waals surface area contributed by atoms with Gasteiger partial charge in [0.2, 0.25) is 0 Å². The Balaban J connectivity index is 0.000000518. The molecule has 6 aromatic carbocycles. The van der Waals surface area contributed by atoms with Crippen LogP contribution in [0.2, 0.25) is 5.02 Å². The fraction of sp³-hybridized carbons (Fsp3) is 0.306. The molecule has 0 bridgehead atoms. The largest absolute Gasteiger partial charge is 0.393 e. The minimum absolute atomic E-state index is 0. The normalized spacial score (nSPS) is 12.6. The summed E-state index contributed by atoms with van der Waals surface area (Å²) in [6.45, 7) is 15.6. The SMILES string of the molecule is CC(O)CC(C)O.CC(O)CC(C)O.CC(O)CC(C)O.Cc1nc2ccccc2nc1-c1[c-]cc(C#N)cc1.Cc1nc2ccccc2nc1-c1[c-]cc(C(F)(F)F)cc1.Cc1nc2ccccc2nc1-c1[c-]cc(Cl)cc1.[Ir].[Ir].[Ir]. The number of para-hydroxylation sites is 6. The van der Waals surface area contributed by atoms with Crippen LogP contribution in [0, 0.1) is 50.3 Å². The monoisotopic (exact) mass is 1680 g/mol. The molecule has 6 N–H and O–H groups in total. The molecule has 0 aliphatic carbocycles. The van der Waals surface area contributed by atoms with E-state index >= 15 is 0 Å². The van der Waals surface area contributed by atoms with Crippen LogP contribution < -0.4 is 0 Å². The van der Waals surface area contributed by atoms with E-state index < -0.39 is 11.7 Å². The summed E-state index contributed by atoms with van der Waals surface area (Å²) < 4.78 is 37.7. The van der Waals surface area contributed by atoms with Gasteiger partial charge in [-0.1, -0.05) is 36.4 Å². The molecular weight excluding hydrogens is 1610 g/mol. The van der Waals surface area contributed by atoms with Gasteiger partial charge in [0.25, 0.3) is 0 Å². The van der Waals surface area contributed by atoms with Crippen LogP contribution >= 0.6 is 11.6 Å². The van der Waals surface area contributed by atoms with Crippen molar-refractivity contribution in [3.63, 3.8) is 0 Å². The van der Waals surface area contributed by atoms with Crippen molar-refractivity contribution in [2.45, 2.75) is 124 Å². The molecule has 6 unspecified atom stereocenters. The average molecular weight is 1670 g/mol. The van der Waals surface area contributed by atoms with Crippen molar-refractivity contribution in [2.24, 2.45) is 0 Å². The molecule has 3 radical (unpaired) electrons. The third kappa shape index (κ3) is 25.6. The summed E-state index contributed by atoms with van der Waals surface area (Å²) in [6.07, 6.45) is -5.20. The van der Waals surface area contributed by atoms with Gasteiger partial charge in [-0.15, -0.1) is 101 Å². The van der Waals surface area contributed by atoms with Crippen LogP contribution in [0.15, 0.2) is 127 Å². The molecule has 13 nitrogen and oxygen atoms in total. The van der Waals surface area contributed by atoms with E-state index in [-0.39, 0.29) is 96.9 Å². The van der Waals surface area contributed by atoms with Gasteiger partial charge >= 0.3 is 6.18 Å². The first-order valence-corrected chi connectivity index (χ1v) is 25.7. The van der Waals surface area contributed by atoms with Crippen molar-refractivity contribution in [3.8, 4) is 39.8 Å². The van der Waals surface area contributed by atoms with Gasteiger partial charge in [-0.05, 0) is 134 Å². The number of fused-ring (bicyclic) bond motifs is 3. The van der Waals surface area contributed by atoms with Gasteiger partial charge in [-0.2, -0.15) is 13.2 Å². The molecule has 82 heavy (non-hydrogen) atoms. The molecule has 443 valence electrons. The number of benzene rings is 6. The molecule has 20 heteroatoms. The molecule has 9 rings (SSSR count). The second-order valence-corrected chi connectivity index (χ2v) is 19.2. The number of hydrogen-bond donors (Lipinski definition) is 6. The van der Waals surface area contributed by atoms with Crippen molar-refractivity contribution >= 4 is 44.7 Å². The number of alkyl halides is 3. The first-order chi connectivity index (χ1) is 37.3. The van der Waals surface area contributed by atoms with Gasteiger partial charge < -0.3 is 30.6 Å². The maximum Gasteiger partial charge on any atom is 0.381 e. The van der Waals surface area contributed by atoms with Gasteiger partial charge in [0.1, 0.15) is 0 Å². The smallest absolute Gasteiger partial charge is 0.381 e. The fourth-order valence-electron chi connectivity index (χ4n) is 7.45. The molecule has 0 aliphatic rings. The van der Waals surface area contributed by atoms with E-state index in [0.717, 1.165) is 73.6 Å². The summed E-state index contributed by atoms with van der Waals surface area (Å²) in [4.78, 5) is 27.2. The van der Waals surface area contributed by atoms with Crippen molar-refractivity contribution in [3.05, 3.63) is 179 Å². The Morgan fingerprint density at radius 2 is 0.720 bits per heavy atom. The first-order valence-electron chi connectivity index (χ1n) is 25.3. The van der Waals surface area contributed by atoms with Crippen LogP contribution in [-0.2, 0) is 66.5 Å². The van der Waals surface area contributed by atoms with Gasteiger partial charge in [0.05, 0.1) is 69.7 Å². The summed E-state index contributed by atoms with van der Waals surface area (Å²) in [5.74, 6) is 0. The predicted molar refractivity (Wildman–Crippen MR) is 304 cm³/mol. The van der Waals surface area contributed by atoms with E-state index in [1.165, 1.54) is 6.07 Å². The Labute approximate surface area is 523 Å². The summed E-state index contributed by atoms with van der Waals surface area (Å²) >= 11 is 5.87. The Bertz CT molecular complexity index is 3300. The molecule has 3 aromatic heterocycles. The van der Waals surface area contributed by atoms with Gasteiger partial charge in [-0.3, -0.25) is 29.9 Å². The number of aliphatic hydroxyl groups excluding tert-OH is 6. The Morgan fingerprint density at radius 3 is 0.939 bits per heavy atom. The van der Waals surface area contributed by atoms with Crippen molar-refractivity contribution in [2.75, 3.05) is 0 Å². The molecular formula is C62H66ClF3Ir3N7O6-3. The van der Waals surface area contributed by atoms with E-state index in [9.17, 15) is 13.2 Å². The minimum atomic E-state index is -4.36. The second-order valence-electron chi connectivity index (χ2n) is 18.8. The van der Waals surface area contributed by atoms with E-state index in [1.807, 2.05) is 105 Å². The molecule has 9 aromatic rings. The van der Waals surface area contributed by atoms with Crippen LogP contribution in [0.5, 0.6) is 0 Å². The zero-order valence-corrected chi connectivity index (χ0v) is 54.5. The van der Waals surface area contributed by atoms with Crippen LogP contribution in [0.1, 0.15) is 89.0 Å². The van der Waals surface area contributed by atoms with E-state index in [1.54, 1.807) is 66.7 Å². The maximum atomic E-state index is 12.6. The summed E-state index contributed by atoms with van der Waals surface area (Å²) in [6, 6.07) is 48.0. The number of halogens is 4. The topological polar surface area (TPSA) is 223 Å². The Morgan fingerprint density at radius 1 is 0.439 bits per heavy atom. The summed E-state index contributed by atoms with van der Waals surface area (Å²) in [5, 5.41) is 60.8. The van der Waals surface area contributed by atoms with Crippen LogP contribution in [0.3, 0.4) is 0 Å². The third-order valence-electron chi connectivity index (χ3n) is 10.9. The number of nitrogens with zero attached hydrogens (tertiary/aromatic N) is 7. The summed E-state index contributed by atoms with van der Waals surface area (Å²) in [7, 11) is 0. The van der Waals surface area contributed by atoms with Crippen LogP contribution in [0.25, 0.3) is 66.9 Å².